The van der Waals surface area contributed by atoms with Gasteiger partial charge in [-0.05, 0) is 23.8 Å². The minimum Gasteiger partial charge on any atom is -0.382 e. The Hall–Kier alpha value is -1.72. The highest BCUT2D eigenvalue weighted by Gasteiger charge is 2.06. The number of pyridine rings is 1. The van der Waals surface area contributed by atoms with Crippen molar-refractivity contribution in [2.45, 2.75) is 13.2 Å². The Labute approximate surface area is 120 Å². The van der Waals surface area contributed by atoms with Crippen LogP contribution in [0.1, 0.15) is 16.8 Å². The summed E-state index contributed by atoms with van der Waals surface area (Å²) in [4.78, 5) is 4.08. The fourth-order valence-electron chi connectivity index (χ4n) is 1.66. The van der Waals surface area contributed by atoms with E-state index in [1.54, 1.807) is 6.20 Å². The lowest BCUT2D eigenvalue weighted by Gasteiger charge is -2.08. The van der Waals surface area contributed by atoms with Crippen molar-refractivity contribution in [3.63, 3.8) is 0 Å². The molecule has 0 aliphatic rings. The number of nitrogens with zero attached hydrogens (tertiary/aromatic N) is 1. The smallest absolute Gasteiger partial charge is 0.142 e. The Morgan fingerprint density at radius 3 is 2.63 bits per heavy atom. The largest absolute Gasteiger partial charge is 0.382 e. The fourth-order valence-corrected chi connectivity index (χ4v) is 1.92. The summed E-state index contributed by atoms with van der Waals surface area (Å²) in [7, 11) is 0. The van der Waals surface area contributed by atoms with Gasteiger partial charge in [-0.2, -0.15) is 0 Å². The van der Waals surface area contributed by atoms with Crippen molar-refractivity contribution < 1.29 is 4.74 Å². The molecular formula is C14H14BrN3O. The third kappa shape index (κ3) is 3.87. The van der Waals surface area contributed by atoms with Crippen LogP contribution in [0.2, 0.25) is 0 Å². The zero-order valence-corrected chi connectivity index (χ0v) is 11.9. The molecule has 0 amide bonds. The van der Waals surface area contributed by atoms with Crippen molar-refractivity contribution in [2.75, 3.05) is 0 Å². The van der Waals surface area contributed by atoms with Gasteiger partial charge in [0.25, 0.3) is 0 Å². The lowest BCUT2D eigenvalue weighted by molar-refractivity contribution is 0.107. The quantitative estimate of drug-likeness (QED) is 0.657. The van der Waals surface area contributed by atoms with E-state index < -0.39 is 0 Å². The van der Waals surface area contributed by atoms with Gasteiger partial charge >= 0.3 is 0 Å². The van der Waals surface area contributed by atoms with Crippen molar-refractivity contribution in [2.24, 2.45) is 5.73 Å². The van der Waals surface area contributed by atoms with Gasteiger partial charge in [-0.25, -0.2) is 0 Å². The van der Waals surface area contributed by atoms with E-state index in [4.69, 9.17) is 15.9 Å². The van der Waals surface area contributed by atoms with E-state index in [2.05, 4.69) is 20.9 Å². The predicted molar refractivity (Wildman–Crippen MR) is 77.9 cm³/mol. The zero-order valence-electron chi connectivity index (χ0n) is 10.3. The highest BCUT2D eigenvalue weighted by Crippen LogP contribution is 2.12. The van der Waals surface area contributed by atoms with Gasteiger partial charge in [-0.15, -0.1) is 0 Å². The standard InChI is InChI=1S/C14H14BrN3O/c15-12-5-3-10(4-6-12)8-19-9-11-2-1-7-18-13(11)14(16)17/h1-7H,8-9H2,(H3,16,17). The molecule has 1 heterocycles. The summed E-state index contributed by atoms with van der Waals surface area (Å²) in [6.07, 6.45) is 1.62. The molecule has 0 fully saturated rings. The fraction of sp³-hybridized carbons (Fsp3) is 0.143. The number of ether oxygens (including phenoxy) is 1. The summed E-state index contributed by atoms with van der Waals surface area (Å²) < 4.78 is 6.67. The van der Waals surface area contributed by atoms with Gasteiger partial charge in [-0.1, -0.05) is 34.1 Å². The van der Waals surface area contributed by atoms with E-state index in [1.165, 1.54) is 0 Å². The lowest BCUT2D eigenvalue weighted by Crippen LogP contribution is -2.16. The van der Waals surface area contributed by atoms with Gasteiger partial charge in [0.05, 0.1) is 13.2 Å². The van der Waals surface area contributed by atoms with Gasteiger partial charge in [0.2, 0.25) is 0 Å². The molecule has 0 aliphatic carbocycles. The number of halogens is 1. The molecule has 0 spiro atoms. The SMILES string of the molecule is N=C(N)c1ncccc1COCc1ccc(Br)cc1. The molecule has 1 aromatic heterocycles. The maximum Gasteiger partial charge on any atom is 0.142 e. The molecule has 19 heavy (non-hydrogen) atoms. The number of benzene rings is 1. The van der Waals surface area contributed by atoms with E-state index in [1.807, 2.05) is 36.4 Å². The molecule has 0 aliphatic heterocycles. The van der Waals surface area contributed by atoms with Crippen molar-refractivity contribution >= 4 is 21.8 Å². The number of nitrogens with one attached hydrogen (secondary N) is 1. The van der Waals surface area contributed by atoms with Gasteiger partial charge in [0.15, 0.2) is 0 Å². The molecule has 0 bridgehead atoms. The van der Waals surface area contributed by atoms with Crippen molar-refractivity contribution in [1.29, 1.82) is 5.41 Å². The second kappa shape index (κ2) is 6.45. The Kier molecular flexibility index (Phi) is 4.65. The Balaban J connectivity index is 1.96. The second-order valence-corrected chi connectivity index (χ2v) is 4.96. The van der Waals surface area contributed by atoms with Crippen LogP contribution in [0.25, 0.3) is 0 Å². The third-order valence-electron chi connectivity index (χ3n) is 2.59. The third-order valence-corrected chi connectivity index (χ3v) is 3.11. The monoisotopic (exact) mass is 319 g/mol. The first-order valence-electron chi connectivity index (χ1n) is 5.77. The first-order valence-corrected chi connectivity index (χ1v) is 6.56. The topological polar surface area (TPSA) is 72.0 Å². The number of hydrogen-bond acceptors (Lipinski definition) is 3. The van der Waals surface area contributed by atoms with Gasteiger partial charge in [0.1, 0.15) is 11.5 Å². The molecular weight excluding hydrogens is 306 g/mol. The zero-order chi connectivity index (χ0) is 13.7. The minimum absolute atomic E-state index is 0.0390. The average molecular weight is 320 g/mol. The van der Waals surface area contributed by atoms with Gasteiger partial charge < -0.3 is 10.5 Å². The van der Waals surface area contributed by atoms with E-state index >= 15 is 0 Å². The van der Waals surface area contributed by atoms with Crippen LogP contribution in [0, 0.1) is 5.41 Å². The van der Waals surface area contributed by atoms with Crippen molar-refractivity contribution in [3.05, 3.63) is 63.9 Å². The number of hydrogen-bond donors (Lipinski definition) is 2. The van der Waals surface area contributed by atoms with Crippen LogP contribution in [0.4, 0.5) is 0 Å². The van der Waals surface area contributed by atoms with Crippen LogP contribution >= 0.6 is 15.9 Å². The van der Waals surface area contributed by atoms with E-state index in [9.17, 15) is 0 Å². The molecule has 2 aromatic rings. The summed E-state index contributed by atoms with van der Waals surface area (Å²) in [6.45, 7) is 0.901. The molecule has 0 saturated carbocycles. The molecule has 98 valence electrons. The number of nitrogens with two attached hydrogens (primary N) is 1. The van der Waals surface area contributed by atoms with Crippen LogP contribution < -0.4 is 5.73 Å². The molecule has 0 unspecified atom stereocenters. The molecule has 4 nitrogen and oxygen atoms in total. The van der Waals surface area contributed by atoms with E-state index in [0.29, 0.717) is 18.9 Å². The summed E-state index contributed by atoms with van der Waals surface area (Å²) in [5, 5.41) is 7.45. The highest BCUT2D eigenvalue weighted by atomic mass is 79.9. The number of aromatic nitrogens is 1. The summed E-state index contributed by atoms with van der Waals surface area (Å²) in [5.74, 6) is -0.0390. The summed E-state index contributed by atoms with van der Waals surface area (Å²) >= 11 is 3.39. The van der Waals surface area contributed by atoms with Gasteiger partial charge in [-0.3, -0.25) is 10.4 Å². The first kappa shape index (κ1) is 13.7. The van der Waals surface area contributed by atoms with E-state index in [-0.39, 0.29) is 5.84 Å². The highest BCUT2D eigenvalue weighted by molar-refractivity contribution is 9.10. The Morgan fingerprint density at radius 2 is 1.95 bits per heavy atom. The van der Waals surface area contributed by atoms with Gasteiger partial charge in [0, 0.05) is 16.2 Å². The number of rotatable bonds is 5. The average Bonchev–Trinajstić information content (AvgIpc) is 2.41. The summed E-state index contributed by atoms with van der Waals surface area (Å²) in [5.41, 5.74) is 7.88. The van der Waals surface area contributed by atoms with Crippen molar-refractivity contribution in [3.8, 4) is 0 Å². The van der Waals surface area contributed by atoms with Crippen LogP contribution in [-0.2, 0) is 18.0 Å². The maximum absolute atomic E-state index is 7.45. The molecule has 2 rings (SSSR count). The molecule has 3 N–H and O–H groups in total. The van der Waals surface area contributed by atoms with E-state index in [0.717, 1.165) is 15.6 Å². The second-order valence-electron chi connectivity index (χ2n) is 4.04. The molecule has 0 radical (unpaired) electrons. The predicted octanol–water partition coefficient (Wildman–Crippen LogP) is 2.84. The number of nitrogen functional groups attached to an aromatic ring is 1. The maximum atomic E-state index is 7.45. The molecule has 0 saturated heterocycles. The first-order chi connectivity index (χ1) is 9.16. The molecule has 0 atom stereocenters. The Morgan fingerprint density at radius 1 is 1.21 bits per heavy atom. The minimum atomic E-state index is -0.0390. The van der Waals surface area contributed by atoms with Crippen LogP contribution in [0.3, 0.4) is 0 Å². The normalized spacial score (nSPS) is 10.4. The molecule has 5 heteroatoms. The van der Waals surface area contributed by atoms with Crippen molar-refractivity contribution in [1.82, 2.24) is 4.98 Å². The molecule has 1 aromatic carbocycles. The van der Waals surface area contributed by atoms with Crippen LogP contribution in [0.15, 0.2) is 47.1 Å². The van der Waals surface area contributed by atoms with Crippen LogP contribution in [-0.4, -0.2) is 10.8 Å². The summed E-state index contributed by atoms with van der Waals surface area (Å²) in [6, 6.07) is 11.6. The number of amidine groups is 1. The lowest BCUT2D eigenvalue weighted by atomic mass is 10.2. The Bertz CT molecular complexity index is 569. The van der Waals surface area contributed by atoms with Crippen LogP contribution in [0.5, 0.6) is 0 Å².